The summed E-state index contributed by atoms with van der Waals surface area (Å²) in [5, 5.41) is 2.91. The van der Waals surface area contributed by atoms with Crippen LogP contribution in [0.4, 0.5) is 8.78 Å². The fraction of sp³-hybridized carbons (Fsp3) is 0.368. The van der Waals surface area contributed by atoms with Gasteiger partial charge in [-0.1, -0.05) is 29.8 Å². The monoisotopic (exact) mass is 317 g/mol. The fourth-order valence-electron chi connectivity index (χ4n) is 3.27. The Hall–Kier alpha value is -1.94. The molecule has 2 aromatic carbocycles. The summed E-state index contributed by atoms with van der Waals surface area (Å²) >= 11 is 0. The lowest BCUT2D eigenvalue weighted by atomic mass is 9.99. The van der Waals surface area contributed by atoms with Crippen molar-refractivity contribution in [2.75, 3.05) is 13.6 Å². The number of nitrogens with one attached hydrogen (secondary N) is 1. The Kier molecular flexibility index (Phi) is 4.11. The van der Waals surface area contributed by atoms with Crippen molar-refractivity contribution >= 4 is 0 Å². The van der Waals surface area contributed by atoms with Crippen molar-refractivity contribution in [2.24, 2.45) is 0 Å². The lowest BCUT2D eigenvalue weighted by molar-refractivity contribution is 0.0226. The predicted molar refractivity (Wildman–Crippen MR) is 87.2 cm³/mol. The van der Waals surface area contributed by atoms with Crippen LogP contribution in [0.25, 0.3) is 0 Å². The first kappa shape index (κ1) is 15.9. The van der Waals surface area contributed by atoms with E-state index in [1.54, 1.807) is 26.1 Å². The van der Waals surface area contributed by atoms with Crippen molar-refractivity contribution in [3.63, 3.8) is 0 Å². The first-order valence-electron chi connectivity index (χ1n) is 7.79. The minimum atomic E-state index is -1.55. The largest absolute Gasteiger partial charge is 0.482 e. The molecule has 1 aliphatic rings. The molecule has 2 aromatic rings. The molecule has 23 heavy (non-hydrogen) atoms. The molecule has 0 bridgehead atoms. The van der Waals surface area contributed by atoms with E-state index < -0.39 is 11.8 Å². The molecule has 2 nitrogen and oxygen atoms in total. The third-order valence-corrected chi connectivity index (χ3v) is 4.47. The summed E-state index contributed by atoms with van der Waals surface area (Å²) in [5.41, 5.74) is 1.71. The highest BCUT2D eigenvalue weighted by molar-refractivity contribution is 5.43. The van der Waals surface area contributed by atoms with Gasteiger partial charge in [-0.05, 0) is 44.2 Å². The van der Waals surface area contributed by atoms with Gasteiger partial charge < -0.3 is 10.1 Å². The maximum Gasteiger partial charge on any atom is 0.168 e. The molecule has 1 N–H and O–H groups in total. The molecule has 0 saturated heterocycles. The van der Waals surface area contributed by atoms with Crippen LogP contribution in [0.3, 0.4) is 0 Å². The van der Waals surface area contributed by atoms with Crippen LogP contribution in [-0.4, -0.2) is 19.3 Å². The zero-order valence-electron chi connectivity index (χ0n) is 13.6. The van der Waals surface area contributed by atoms with Crippen molar-refractivity contribution in [3.8, 4) is 5.75 Å². The summed E-state index contributed by atoms with van der Waals surface area (Å²) in [7, 11) is 1.72. The highest BCUT2D eigenvalue weighted by atomic mass is 19.1. The molecule has 2 atom stereocenters. The minimum absolute atomic E-state index is 0.180. The van der Waals surface area contributed by atoms with Crippen LogP contribution in [0.5, 0.6) is 5.75 Å². The van der Waals surface area contributed by atoms with E-state index in [0.29, 0.717) is 17.7 Å². The second-order valence-electron chi connectivity index (χ2n) is 6.30. The van der Waals surface area contributed by atoms with Crippen LogP contribution in [0, 0.1) is 19.7 Å². The van der Waals surface area contributed by atoms with E-state index in [0.717, 1.165) is 16.7 Å². The Balaban J connectivity index is 2.03. The summed E-state index contributed by atoms with van der Waals surface area (Å²) < 4.78 is 35.3. The highest BCUT2D eigenvalue weighted by Crippen LogP contribution is 2.45. The molecule has 0 radical (unpaired) electrons. The molecule has 0 heterocycles. The first-order valence-corrected chi connectivity index (χ1v) is 7.79. The minimum Gasteiger partial charge on any atom is -0.482 e. The van der Waals surface area contributed by atoms with Gasteiger partial charge in [-0.2, -0.15) is 0 Å². The topological polar surface area (TPSA) is 21.3 Å². The first-order chi connectivity index (χ1) is 10.9. The number of aryl methyl sites for hydroxylation is 1. The van der Waals surface area contributed by atoms with E-state index in [-0.39, 0.29) is 12.4 Å². The Morgan fingerprint density at radius 3 is 2.78 bits per heavy atom. The van der Waals surface area contributed by atoms with Gasteiger partial charge in [0.05, 0.1) is 0 Å². The van der Waals surface area contributed by atoms with Crippen LogP contribution >= 0.6 is 0 Å². The Labute approximate surface area is 135 Å². The third kappa shape index (κ3) is 2.83. The number of benzene rings is 2. The molecule has 4 heteroatoms. The van der Waals surface area contributed by atoms with Crippen LogP contribution < -0.4 is 10.1 Å². The molecular formula is C19H21F2NO. The molecule has 0 aliphatic heterocycles. The van der Waals surface area contributed by atoms with Gasteiger partial charge in [-0.25, -0.2) is 8.78 Å². The van der Waals surface area contributed by atoms with E-state index in [9.17, 15) is 4.39 Å². The van der Waals surface area contributed by atoms with E-state index in [4.69, 9.17) is 4.74 Å². The van der Waals surface area contributed by atoms with Gasteiger partial charge >= 0.3 is 0 Å². The smallest absolute Gasteiger partial charge is 0.168 e. The third-order valence-electron chi connectivity index (χ3n) is 4.47. The maximum absolute atomic E-state index is 15.5. The van der Waals surface area contributed by atoms with Crippen molar-refractivity contribution in [3.05, 3.63) is 64.5 Å². The molecule has 0 spiro atoms. The lowest BCUT2D eigenvalue weighted by Gasteiger charge is -2.29. The van der Waals surface area contributed by atoms with E-state index in [2.05, 4.69) is 5.32 Å². The number of hydrogen-bond donors (Lipinski definition) is 1. The van der Waals surface area contributed by atoms with Crippen LogP contribution in [0.15, 0.2) is 36.4 Å². The van der Waals surface area contributed by atoms with E-state index in [1.807, 2.05) is 25.1 Å². The van der Waals surface area contributed by atoms with Gasteiger partial charge in [0.25, 0.3) is 0 Å². The normalized spacial score (nSPS) is 22.9. The summed E-state index contributed by atoms with van der Waals surface area (Å²) in [6.07, 6.45) is -0.451. The summed E-state index contributed by atoms with van der Waals surface area (Å²) in [4.78, 5) is 0. The number of alkyl halides is 1. The van der Waals surface area contributed by atoms with Gasteiger partial charge in [0, 0.05) is 18.5 Å². The zero-order chi connectivity index (χ0) is 16.6. The van der Waals surface area contributed by atoms with Crippen molar-refractivity contribution in [2.45, 2.75) is 32.0 Å². The van der Waals surface area contributed by atoms with Gasteiger partial charge in [-0.3, -0.25) is 0 Å². The zero-order valence-corrected chi connectivity index (χ0v) is 13.6. The quantitative estimate of drug-likeness (QED) is 0.918. The van der Waals surface area contributed by atoms with Crippen molar-refractivity contribution in [1.82, 2.24) is 5.32 Å². The summed E-state index contributed by atoms with van der Waals surface area (Å²) in [6.45, 7) is 3.80. The SMILES string of the molecule is CNCC1(F)Cc2ccc(C)cc2C1Oc1cccc(F)c1C. The predicted octanol–water partition coefficient (Wildman–Crippen LogP) is 4.05. The summed E-state index contributed by atoms with van der Waals surface area (Å²) in [6, 6.07) is 10.6. The maximum atomic E-state index is 15.5. The molecule has 0 amide bonds. The molecule has 2 unspecified atom stereocenters. The number of ether oxygens (including phenoxy) is 1. The van der Waals surface area contributed by atoms with Gasteiger partial charge in [0.2, 0.25) is 0 Å². The van der Waals surface area contributed by atoms with E-state index in [1.165, 1.54) is 6.07 Å². The Morgan fingerprint density at radius 2 is 2.04 bits per heavy atom. The number of halogens is 2. The average molecular weight is 317 g/mol. The summed E-state index contributed by atoms with van der Waals surface area (Å²) in [5.74, 6) is 0.0468. The molecule has 1 aliphatic carbocycles. The Morgan fingerprint density at radius 1 is 1.26 bits per heavy atom. The number of rotatable bonds is 4. The number of fused-ring (bicyclic) bond motifs is 1. The Bertz CT molecular complexity index is 731. The van der Waals surface area contributed by atoms with Gasteiger partial charge in [-0.15, -0.1) is 0 Å². The molecular weight excluding hydrogens is 296 g/mol. The second-order valence-corrected chi connectivity index (χ2v) is 6.30. The number of hydrogen-bond acceptors (Lipinski definition) is 2. The molecule has 122 valence electrons. The lowest BCUT2D eigenvalue weighted by Crippen LogP contribution is -2.41. The standard InChI is InChI=1S/C19H21F2NO/c1-12-7-8-14-10-19(21,11-22-3)18(15(14)9-12)23-17-6-4-5-16(20)13(17)2/h4-9,18,22H,10-11H2,1-3H3. The van der Waals surface area contributed by atoms with E-state index >= 15 is 4.39 Å². The fourth-order valence-corrected chi connectivity index (χ4v) is 3.27. The van der Waals surface area contributed by atoms with Gasteiger partial charge in [0.1, 0.15) is 11.6 Å². The molecule has 0 aromatic heterocycles. The van der Waals surface area contributed by atoms with Crippen LogP contribution in [0.1, 0.15) is 28.4 Å². The average Bonchev–Trinajstić information content (AvgIpc) is 2.76. The van der Waals surface area contributed by atoms with Crippen LogP contribution in [-0.2, 0) is 6.42 Å². The molecule has 0 fully saturated rings. The molecule has 3 rings (SSSR count). The van der Waals surface area contributed by atoms with Crippen molar-refractivity contribution in [1.29, 1.82) is 0 Å². The van der Waals surface area contributed by atoms with Crippen molar-refractivity contribution < 1.29 is 13.5 Å². The van der Waals surface area contributed by atoms with Crippen LogP contribution in [0.2, 0.25) is 0 Å². The van der Waals surface area contributed by atoms with Gasteiger partial charge in [0.15, 0.2) is 11.8 Å². The highest BCUT2D eigenvalue weighted by Gasteiger charge is 2.48. The second kappa shape index (κ2) is 5.93. The molecule has 0 saturated carbocycles.